The third-order valence-electron chi connectivity index (χ3n) is 3.10. The Morgan fingerprint density at radius 3 is 2.65 bits per heavy atom. The first-order valence-electron chi connectivity index (χ1n) is 6.22. The van der Waals surface area contributed by atoms with E-state index >= 15 is 0 Å². The van der Waals surface area contributed by atoms with Gasteiger partial charge in [0.1, 0.15) is 0 Å². The molecule has 0 atom stereocenters. The molecule has 108 valence electrons. The summed E-state index contributed by atoms with van der Waals surface area (Å²) >= 11 is 5.97. The van der Waals surface area contributed by atoms with Gasteiger partial charge in [-0.3, -0.25) is 4.72 Å². The number of aromatic amines is 1. The van der Waals surface area contributed by atoms with Crippen molar-refractivity contribution >= 4 is 27.4 Å². The number of hydrogen-bond donors (Lipinski definition) is 2. The fourth-order valence-corrected chi connectivity index (χ4v) is 3.52. The van der Waals surface area contributed by atoms with Crippen LogP contribution in [0, 0.1) is 13.8 Å². The van der Waals surface area contributed by atoms with Crippen molar-refractivity contribution in [1.29, 1.82) is 0 Å². The summed E-state index contributed by atoms with van der Waals surface area (Å²) in [6.07, 6.45) is 0. The van der Waals surface area contributed by atoms with Crippen LogP contribution in [0.4, 0.5) is 5.82 Å². The lowest BCUT2D eigenvalue weighted by Crippen LogP contribution is -2.36. The molecule has 20 heavy (non-hydrogen) atoms. The molecule has 2 N–H and O–H groups in total. The molecule has 0 aliphatic rings. The van der Waals surface area contributed by atoms with Gasteiger partial charge in [-0.05, 0) is 31.5 Å². The lowest BCUT2D eigenvalue weighted by molar-refractivity contribution is -0.751. The van der Waals surface area contributed by atoms with Gasteiger partial charge in [0.2, 0.25) is 5.69 Å². The summed E-state index contributed by atoms with van der Waals surface area (Å²) in [7, 11) is -3.66. The summed E-state index contributed by atoms with van der Waals surface area (Å²) in [6, 6.07) is 6.57. The zero-order valence-corrected chi connectivity index (χ0v) is 13.1. The van der Waals surface area contributed by atoms with Crippen LogP contribution in [0.15, 0.2) is 29.2 Å². The second-order valence-electron chi connectivity index (χ2n) is 4.52. The van der Waals surface area contributed by atoms with Gasteiger partial charge in [-0.15, -0.1) is 9.78 Å². The summed E-state index contributed by atoms with van der Waals surface area (Å²) < 4.78 is 29.2. The number of aromatic nitrogens is 2. The summed E-state index contributed by atoms with van der Waals surface area (Å²) in [5.74, 6) is 0.434. The molecule has 0 aliphatic heterocycles. The maximum Gasteiger partial charge on any atom is 0.263 e. The van der Waals surface area contributed by atoms with Crippen LogP contribution in [0.2, 0.25) is 5.02 Å². The number of anilines is 1. The van der Waals surface area contributed by atoms with Crippen molar-refractivity contribution in [3.8, 4) is 0 Å². The highest BCUT2D eigenvalue weighted by Gasteiger charge is 2.21. The zero-order valence-electron chi connectivity index (χ0n) is 11.6. The lowest BCUT2D eigenvalue weighted by atomic mass is 10.2. The van der Waals surface area contributed by atoms with Gasteiger partial charge in [0.15, 0.2) is 12.4 Å². The van der Waals surface area contributed by atoms with Crippen molar-refractivity contribution in [3.05, 3.63) is 40.5 Å². The Hall–Kier alpha value is -1.53. The van der Waals surface area contributed by atoms with Crippen molar-refractivity contribution in [3.63, 3.8) is 0 Å². The van der Waals surface area contributed by atoms with Crippen LogP contribution >= 0.6 is 11.6 Å². The Morgan fingerprint density at radius 1 is 1.35 bits per heavy atom. The van der Waals surface area contributed by atoms with Crippen molar-refractivity contribution in [2.24, 2.45) is 0 Å². The van der Waals surface area contributed by atoms with Gasteiger partial charge in [-0.2, -0.15) is 0 Å². The number of rotatable bonds is 4. The molecule has 1 heterocycles. The summed E-state index contributed by atoms with van der Waals surface area (Å²) in [6.45, 7) is 6.30. The van der Waals surface area contributed by atoms with E-state index in [0.717, 1.165) is 12.2 Å². The van der Waals surface area contributed by atoms with E-state index in [0.29, 0.717) is 16.4 Å². The molecule has 0 saturated carbocycles. The largest absolute Gasteiger partial charge is 0.263 e. The third-order valence-corrected chi connectivity index (χ3v) is 5.02. The average Bonchev–Trinajstić information content (AvgIpc) is 2.71. The van der Waals surface area contributed by atoms with Crippen LogP contribution in [-0.2, 0) is 16.6 Å². The highest BCUT2D eigenvalue weighted by atomic mass is 35.5. The van der Waals surface area contributed by atoms with Gasteiger partial charge in [-0.25, -0.2) is 8.42 Å². The predicted molar refractivity (Wildman–Crippen MR) is 78.4 cm³/mol. The second-order valence-corrected chi connectivity index (χ2v) is 6.58. The Labute approximate surface area is 123 Å². The Morgan fingerprint density at radius 2 is 2.05 bits per heavy atom. The normalized spacial score (nSPS) is 11.6. The second kappa shape index (κ2) is 5.46. The topological polar surface area (TPSA) is 65.8 Å². The standard InChI is InChI=1S/C13H16ClN3O2S/c1-4-17-9(2)8-13(15-17)16-20(18,19)12-7-5-6-11(14)10(12)3/h5-8H,4H2,1-3H3,(H,15,16)/p+1. The molecule has 0 aliphatic carbocycles. The minimum Gasteiger partial charge on any atom is -0.261 e. The quantitative estimate of drug-likeness (QED) is 0.851. The van der Waals surface area contributed by atoms with Gasteiger partial charge in [-0.1, -0.05) is 17.7 Å². The number of sulfonamides is 1. The number of nitrogens with one attached hydrogen (secondary N) is 2. The van der Waals surface area contributed by atoms with Gasteiger partial charge in [0.25, 0.3) is 10.0 Å². The van der Waals surface area contributed by atoms with Crippen molar-refractivity contribution in [2.75, 3.05) is 4.72 Å². The van der Waals surface area contributed by atoms with Crippen LogP contribution in [-0.4, -0.2) is 13.5 Å². The minimum absolute atomic E-state index is 0.181. The molecular formula is C13H17ClN3O2S+. The molecule has 0 saturated heterocycles. The van der Waals surface area contributed by atoms with Crippen LogP contribution in [0.1, 0.15) is 18.2 Å². The first-order valence-corrected chi connectivity index (χ1v) is 8.08. The number of halogens is 1. The van der Waals surface area contributed by atoms with Crippen LogP contribution < -0.4 is 9.40 Å². The maximum atomic E-state index is 12.4. The highest BCUT2D eigenvalue weighted by molar-refractivity contribution is 7.92. The van der Waals surface area contributed by atoms with Crippen LogP contribution in [0.5, 0.6) is 0 Å². The SMILES string of the molecule is CC[n+]1[nH]c(NS(=O)(=O)c2cccc(Cl)c2C)cc1C. The van der Waals surface area contributed by atoms with Crippen molar-refractivity contribution in [1.82, 2.24) is 5.10 Å². The Bertz CT molecular complexity index is 738. The molecule has 0 unspecified atom stereocenters. The molecule has 0 bridgehead atoms. The number of H-pyrrole nitrogens is 1. The van der Waals surface area contributed by atoms with E-state index in [1.54, 1.807) is 25.1 Å². The molecule has 2 aromatic rings. The van der Waals surface area contributed by atoms with E-state index in [2.05, 4.69) is 9.82 Å². The summed E-state index contributed by atoms with van der Waals surface area (Å²) in [4.78, 5) is 0.181. The maximum absolute atomic E-state index is 12.4. The molecule has 0 spiro atoms. The highest BCUT2D eigenvalue weighted by Crippen LogP contribution is 2.24. The van der Waals surface area contributed by atoms with Crippen LogP contribution in [0.3, 0.4) is 0 Å². The smallest absolute Gasteiger partial charge is 0.261 e. The van der Waals surface area contributed by atoms with Crippen molar-refractivity contribution < 1.29 is 13.1 Å². The fourth-order valence-electron chi connectivity index (χ4n) is 2.01. The summed E-state index contributed by atoms with van der Waals surface area (Å²) in [5, 5.41) is 3.41. The van der Waals surface area contributed by atoms with Gasteiger partial charge < -0.3 is 0 Å². The fraction of sp³-hybridized carbons (Fsp3) is 0.308. The molecule has 1 aromatic heterocycles. The lowest BCUT2D eigenvalue weighted by Gasteiger charge is -2.08. The van der Waals surface area contributed by atoms with Gasteiger partial charge >= 0.3 is 0 Å². The number of nitrogens with zero attached hydrogens (tertiary/aromatic N) is 1. The average molecular weight is 315 g/mol. The predicted octanol–water partition coefficient (Wildman–Crippen LogP) is 2.39. The minimum atomic E-state index is -3.66. The molecule has 7 heteroatoms. The van der Waals surface area contributed by atoms with Gasteiger partial charge in [0, 0.05) is 11.9 Å². The van der Waals surface area contributed by atoms with E-state index in [-0.39, 0.29) is 4.90 Å². The van der Waals surface area contributed by atoms with E-state index in [4.69, 9.17) is 11.6 Å². The first-order chi connectivity index (χ1) is 9.35. The monoisotopic (exact) mass is 314 g/mol. The Kier molecular flexibility index (Phi) is 4.06. The molecule has 5 nitrogen and oxygen atoms in total. The molecule has 1 aromatic carbocycles. The van der Waals surface area contributed by atoms with E-state index in [1.165, 1.54) is 6.07 Å². The Balaban J connectivity index is 2.38. The van der Waals surface area contributed by atoms with E-state index in [1.807, 2.05) is 18.5 Å². The molecule has 2 rings (SSSR count). The molecule has 0 amide bonds. The van der Waals surface area contributed by atoms with E-state index in [9.17, 15) is 8.42 Å². The molecule has 0 fully saturated rings. The number of aryl methyl sites for hydroxylation is 2. The van der Waals surface area contributed by atoms with Crippen LogP contribution in [0.25, 0.3) is 0 Å². The van der Waals surface area contributed by atoms with Crippen molar-refractivity contribution in [2.45, 2.75) is 32.2 Å². The number of hydrogen-bond acceptors (Lipinski definition) is 2. The molecular weight excluding hydrogens is 298 g/mol. The summed E-state index contributed by atoms with van der Waals surface area (Å²) in [5.41, 5.74) is 1.49. The number of benzene rings is 1. The zero-order chi connectivity index (χ0) is 14.9. The molecule has 0 radical (unpaired) electrons. The van der Waals surface area contributed by atoms with Gasteiger partial charge in [0.05, 0.1) is 11.0 Å². The third kappa shape index (κ3) is 2.81. The first kappa shape index (κ1) is 14.9. The van der Waals surface area contributed by atoms with E-state index < -0.39 is 10.0 Å².